The van der Waals surface area contributed by atoms with Crippen molar-refractivity contribution in [3.05, 3.63) is 30.1 Å². The van der Waals surface area contributed by atoms with Crippen LogP contribution in [0, 0.1) is 11.7 Å². The van der Waals surface area contributed by atoms with E-state index in [2.05, 4.69) is 5.32 Å². The molecular formula is C14H20FNO2S. The summed E-state index contributed by atoms with van der Waals surface area (Å²) >= 11 is 1.18. The van der Waals surface area contributed by atoms with E-state index >= 15 is 0 Å². The van der Waals surface area contributed by atoms with Gasteiger partial charge in [-0.05, 0) is 24.5 Å². The van der Waals surface area contributed by atoms with Crippen LogP contribution < -0.4 is 5.32 Å². The lowest BCUT2D eigenvalue weighted by molar-refractivity contribution is -0.119. The first-order valence-electron chi connectivity index (χ1n) is 6.32. The number of hydrogen-bond acceptors (Lipinski definition) is 3. The van der Waals surface area contributed by atoms with Crippen LogP contribution in [0.2, 0.25) is 0 Å². The number of aliphatic hydroxyl groups excluding tert-OH is 1. The van der Waals surface area contributed by atoms with E-state index in [1.807, 2.05) is 13.8 Å². The number of thioether (sulfide) groups is 1. The largest absolute Gasteiger partial charge is 0.396 e. The summed E-state index contributed by atoms with van der Waals surface area (Å²) < 4.78 is 13.4. The molecule has 0 saturated carbocycles. The van der Waals surface area contributed by atoms with Gasteiger partial charge in [0, 0.05) is 17.5 Å². The summed E-state index contributed by atoms with van der Waals surface area (Å²) in [6.45, 7) is 4.03. The molecule has 0 aliphatic heterocycles. The van der Waals surface area contributed by atoms with E-state index in [4.69, 9.17) is 5.11 Å². The zero-order valence-electron chi connectivity index (χ0n) is 11.2. The summed E-state index contributed by atoms with van der Waals surface area (Å²) in [5.41, 5.74) is 0. The Balaban J connectivity index is 2.45. The summed E-state index contributed by atoms with van der Waals surface area (Å²) in [7, 11) is 0. The Labute approximate surface area is 117 Å². The molecule has 1 unspecified atom stereocenters. The Morgan fingerprint density at radius 1 is 1.42 bits per heavy atom. The van der Waals surface area contributed by atoms with Crippen molar-refractivity contribution in [2.45, 2.75) is 31.2 Å². The molecule has 0 aromatic heterocycles. The Hall–Kier alpha value is -1.07. The van der Waals surface area contributed by atoms with Crippen LogP contribution in [0.4, 0.5) is 4.39 Å². The van der Waals surface area contributed by atoms with Gasteiger partial charge in [-0.3, -0.25) is 4.79 Å². The van der Waals surface area contributed by atoms with E-state index in [0.717, 1.165) is 0 Å². The lowest BCUT2D eigenvalue weighted by Crippen LogP contribution is -2.40. The number of halogens is 1. The first-order chi connectivity index (χ1) is 9.04. The van der Waals surface area contributed by atoms with Crippen molar-refractivity contribution in [2.24, 2.45) is 5.92 Å². The van der Waals surface area contributed by atoms with Crippen molar-refractivity contribution in [3.63, 3.8) is 0 Å². The number of carbonyl (C=O) groups is 1. The minimum atomic E-state index is -0.309. The number of nitrogens with one attached hydrogen (secondary N) is 1. The number of aliphatic hydroxyl groups is 1. The predicted molar refractivity (Wildman–Crippen MR) is 75.6 cm³/mol. The molecule has 1 aromatic carbocycles. The summed E-state index contributed by atoms with van der Waals surface area (Å²) in [5, 5.41) is 11.8. The maximum atomic E-state index is 13.4. The fourth-order valence-corrected chi connectivity index (χ4v) is 2.42. The average molecular weight is 285 g/mol. The third-order valence-corrected chi connectivity index (χ3v) is 3.84. The fourth-order valence-electron chi connectivity index (χ4n) is 1.66. The van der Waals surface area contributed by atoms with Crippen molar-refractivity contribution in [1.82, 2.24) is 5.32 Å². The molecule has 0 fully saturated rings. The Kier molecular flexibility index (Phi) is 6.87. The number of hydrogen-bond donors (Lipinski definition) is 2. The van der Waals surface area contributed by atoms with E-state index < -0.39 is 0 Å². The van der Waals surface area contributed by atoms with Crippen LogP contribution in [0.25, 0.3) is 0 Å². The zero-order chi connectivity index (χ0) is 14.3. The Morgan fingerprint density at radius 3 is 2.68 bits per heavy atom. The second-order valence-corrected chi connectivity index (χ2v) is 5.67. The minimum absolute atomic E-state index is 0.0429. The van der Waals surface area contributed by atoms with Crippen LogP contribution in [0.1, 0.15) is 20.3 Å². The molecule has 0 spiro atoms. The first kappa shape index (κ1) is 16.0. The van der Waals surface area contributed by atoms with Gasteiger partial charge in [-0.15, -0.1) is 11.8 Å². The van der Waals surface area contributed by atoms with E-state index in [1.54, 1.807) is 18.2 Å². The van der Waals surface area contributed by atoms with Gasteiger partial charge >= 0.3 is 0 Å². The van der Waals surface area contributed by atoms with E-state index in [1.165, 1.54) is 17.8 Å². The maximum absolute atomic E-state index is 13.4. The Bertz CT molecular complexity index is 412. The third-order valence-electron chi connectivity index (χ3n) is 2.79. The molecule has 2 N–H and O–H groups in total. The van der Waals surface area contributed by atoms with E-state index in [9.17, 15) is 9.18 Å². The number of carbonyl (C=O) groups excluding carboxylic acids is 1. The van der Waals surface area contributed by atoms with Gasteiger partial charge in [0.25, 0.3) is 0 Å². The van der Waals surface area contributed by atoms with Gasteiger partial charge in [-0.25, -0.2) is 4.39 Å². The summed E-state index contributed by atoms with van der Waals surface area (Å²) in [5.74, 6) is -0.0127. The molecule has 106 valence electrons. The molecule has 5 heteroatoms. The molecule has 3 nitrogen and oxygen atoms in total. The average Bonchev–Trinajstić information content (AvgIpc) is 2.37. The topological polar surface area (TPSA) is 49.3 Å². The molecular weight excluding hydrogens is 265 g/mol. The monoisotopic (exact) mass is 285 g/mol. The van der Waals surface area contributed by atoms with Gasteiger partial charge in [-0.2, -0.15) is 0 Å². The predicted octanol–water partition coefficient (Wildman–Crippen LogP) is 2.44. The van der Waals surface area contributed by atoms with Crippen molar-refractivity contribution in [3.8, 4) is 0 Å². The van der Waals surface area contributed by atoms with Crippen LogP contribution >= 0.6 is 11.8 Å². The van der Waals surface area contributed by atoms with Crippen LogP contribution in [0.5, 0.6) is 0 Å². The highest BCUT2D eigenvalue weighted by atomic mass is 32.2. The molecule has 1 amide bonds. The van der Waals surface area contributed by atoms with Gasteiger partial charge in [0.2, 0.25) is 5.91 Å². The fraction of sp³-hybridized carbons (Fsp3) is 0.500. The molecule has 1 rings (SSSR count). The molecule has 0 radical (unpaired) electrons. The van der Waals surface area contributed by atoms with E-state index in [0.29, 0.717) is 11.3 Å². The SMILES string of the molecule is CC(C)C(CCO)NC(=O)CSc1ccccc1F. The van der Waals surface area contributed by atoms with Crippen molar-refractivity contribution in [1.29, 1.82) is 0 Å². The van der Waals surface area contributed by atoms with Crippen LogP contribution in [0.15, 0.2) is 29.2 Å². The minimum Gasteiger partial charge on any atom is -0.396 e. The molecule has 0 aliphatic rings. The van der Waals surface area contributed by atoms with Crippen molar-refractivity contribution >= 4 is 17.7 Å². The first-order valence-corrected chi connectivity index (χ1v) is 7.30. The van der Waals surface area contributed by atoms with Gasteiger partial charge in [0.05, 0.1) is 5.75 Å². The summed E-state index contributed by atoms with van der Waals surface area (Å²) in [6.07, 6.45) is 0.535. The van der Waals surface area contributed by atoms with Crippen molar-refractivity contribution in [2.75, 3.05) is 12.4 Å². The second-order valence-electron chi connectivity index (χ2n) is 4.65. The van der Waals surface area contributed by atoms with Gasteiger partial charge in [-0.1, -0.05) is 26.0 Å². The van der Waals surface area contributed by atoms with Gasteiger partial charge < -0.3 is 10.4 Å². The summed E-state index contributed by atoms with van der Waals surface area (Å²) in [6, 6.07) is 6.35. The summed E-state index contributed by atoms with van der Waals surface area (Å²) in [4.78, 5) is 12.3. The Morgan fingerprint density at radius 2 is 2.11 bits per heavy atom. The number of rotatable bonds is 7. The van der Waals surface area contributed by atoms with Crippen LogP contribution in [-0.4, -0.2) is 29.4 Å². The molecule has 0 saturated heterocycles. The highest BCUT2D eigenvalue weighted by molar-refractivity contribution is 8.00. The molecule has 1 atom stereocenters. The smallest absolute Gasteiger partial charge is 0.230 e. The highest BCUT2D eigenvalue weighted by Gasteiger charge is 2.15. The molecule has 0 bridgehead atoms. The molecule has 19 heavy (non-hydrogen) atoms. The maximum Gasteiger partial charge on any atom is 0.230 e. The quantitative estimate of drug-likeness (QED) is 0.757. The number of benzene rings is 1. The second kappa shape index (κ2) is 8.17. The van der Waals surface area contributed by atoms with Gasteiger partial charge in [0.1, 0.15) is 5.82 Å². The lowest BCUT2D eigenvalue weighted by atomic mass is 10.0. The normalized spacial score (nSPS) is 12.5. The van der Waals surface area contributed by atoms with Gasteiger partial charge in [0.15, 0.2) is 0 Å². The van der Waals surface area contributed by atoms with E-state index in [-0.39, 0.29) is 36.0 Å². The third kappa shape index (κ3) is 5.61. The zero-order valence-corrected chi connectivity index (χ0v) is 12.0. The molecule has 1 aromatic rings. The lowest BCUT2D eigenvalue weighted by Gasteiger charge is -2.21. The molecule has 0 aliphatic carbocycles. The highest BCUT2D eigenvalue weighted by Crippen LogP contribution is 2.20. The van der Waals surface area contributed by atoms with Crippen molar-refractivity contribution < 1.29 is 14.3 Å². The number of amides is 1. The van der Waals surface area contributed by atoms with Crippen LogP contribution in [0.3, 0.4) is 0 Å². The van der Waals surface area contributed by atoms with Crippen LogP contribution in [-0.2, 0) is 4.79 Å². The molecule has 0 heterocycles. The standard InChI is InChI=1S/C14H20FNO2S/c1-10(2)12(7-8-17)16-14(18)9-19-13-6-4-3-5-11(13)15/h3-6,10,12,17H,7-9H2,1-2H3,(H,16,18).